The zero-order chi connectivity index (χ0) is 13.7. The average molecular weight is 250 g/mol. The smallest absolute Gasteiger partial charge is 0.137 e. The normalized spacial score (nSPS) is 11.0. The molecule has 0 aliphatic heterocycles. The van der Waals surface area contributed by atoms with Gasteiger partial charge in [-0.1, -0.05) is 20.8 Å². The van der Waals surface area contributed by atoms with Crippen molar-refractivity contribution in [2.45, 2.75) is 47.0 Å². The molecule has 0 aliphatic rings. The van der Waals surface area contributed by atoms with Crippen molar-refractivity contribution in [2.75, 3.05) is 24.2 Å². The summed E-state index contributed by atoms with van der Waals surface area (Å²) in [5.74, 6) is 3.14. The highest BCUT2D eigenvalue weighted by molar-refractivity contribution is 5.56. The van der Waals surface area contributed by atoms with E-state index in [1.165, 1.54) is 0 Å². The number of nitrogens with two attached hydrogens (primary N) is 1. The van der Waals surface area contributed by atoms with Crippen molar-refractivity contribution < 1.29 is 0 Å². The molecule has 1 heterocycles. The van der Waals surface area contributed by atoms with Gasteiger partial charge in [0.25, 0.3) is 0 Å². The van der Waals surface area contributed by atoms with Crippen LogP contribution in [0.1, 0.15) is 45.0 Å². The Morgan fingerprint density at radius 2 is 1.94 bits per heavy atom. The minimum absolute atomic E-state index is 0.611. The molecular weight excluding hydrogens is 224 g/mol. The van der Waals surface area contributed by atoms with Crippen molar-refractivity contribution in [3.05, 3.63) is 11.4 Å². The van der Waals surface area contributed by atoms with E-state index in [1.807, 2.05) is 6.92 Å². The van der Waals surface area contributed by atoms with Gasteiger partial charge in [-0.15, -0.1) is 0 Å². The third-order valence-corrected chi connectivity index (χ3v) is 3.08. The molecule has 0 fully saturated rings. The minimum atomic E-state index is 0.611. The van der Waals surface area contributed by atoms with Gasteiger partial charge in [-0.2, -0.15) is 0 Å². The van der Waals surface area contributed by atoms with Crippen LogP contribution in [0.2, 0.25) is 0 Å². The van der Waals surface area contributed by atoms with Crippen LogP contribution in [0.3, 0.4) is 0 Å². The van der Waals surface area contributed by atoms with E-state index in [0.717, 1.165) is 43.0 Å². The van der Waals surface area contributed by atoms with Crippen LogP contribution in [0.5, 0.6) is 0 Å². The molecule has 0 aromatic carbocycles. The van der Waals surface area contributed by atoms with Gasteiger partial charge in [0.05, 0.1) is 0 Å². The van der Waals surface area contributed by atoms with E-state index in [1.54, 1.807) is 0 Å². The lowest BCUT2D eigenvalue weighted by Gasteiger charge is -2.22. The minimum Gasteiger partial charge on any atom is -0.383 e. The molecular formula is C14H26N4. The summed E-state index contributed by atoms with van der Waals surface area (Å²) in [6.07, 6.45) is 3.08. The van der Waals surface area contributed by atoms with Gasteiger partial charge in [0.1, 0.15) is 17.5 Å². The summed E-state index contributed by atoms with van der Waals surface area (Å²) < 4.78 is 0. The SMILES string of the molecule is CCCc1nc(N)c(C)c(N(C)CCC(C)C)n1. The fourth-order valence-corrected chi connectivity index (χ4v) is 1.83. The van der Waals surface area contributed by atoms with Crippen molar-refractivity contribution in [3.63, 3.8) is 0 Å². The Morgan fingerprint density at radius 3 is 2.50 bits per heavy atom. The fourth-order valence-electron chi connectivity index (χ4n) is 1.83. The quantitative estimate of drug-likeness (QED) is 0.843. The van der Waals surface area contributed by atoms with Crippen molar-refractivity contribution in [1.82, 2.24) is 9.97 Å². The summed E-state index contributed by atoms with van der Waals surface area (Å²) in [5.41, 5.74) is 6.95. The standard InChI is InChI=1S/C14H26N4/c1-6-7-12-16-13(15)11(4)14(17-12)18(5)9-8-10(2)3/h10H,6-9H2,1-5H3,(H2,15,16,17). The number of aromatic nitrogens is 2. The molecule has 102 valence electrons. The monoisotopic (exact) mass is 250 g/mol. The molecule has 0 spiro atoms. The Hall–Kier alpha value is -1.32. The molecule has 4 nitrogen and oxygen atoms in total. The summed E-state index contributed by atoms with van der Waals surface area (Å²) in [6.45, 7) is 9.59. The Bertz CT molecular complexity index is 388. The number of hydrogen-bond donors (Lipinski definition) is 1. The Morgan fingerprint density at radius 1 is 1.28 bits per heavy atom. The highest BCUT2D eigenvalue weighted by atomic mass is 15.2. The van der Waals surface area contributed by atoms with E-state index >= 15 is 0 Å². The maximum absolute atomic E-state index is 5.97. The van der Waals surface area contributed by atoms with Crippen LogP contribution in [-0.4, -0.2) is 23.6 Å². The van der Waals surface area contributed by atoms with Crippen molar-refractivity contribution in [1.29, 1.82) is 0 Å². The predicted molar refractivity (Wildman–Crippen MR) is 77.9 cm³/mol. The molecule has 4 heteroatoms. The van der Waals surface area contributed by atoms with Crippen LogP contribution in [0.25, 0.3) is 0 Å². The third kappa shape index (κ3) is 3.86. The summed E-state index contributed by atoms with van der Waals surface area (Å²) >= 11 is 0. The first-order chi connectivity index (χ1) is 8.45. The lowest BCUT2D eigenvalue weighted by atomic mass is 10.1. The lowest BCUT2D eigenvalue weighted by Crippen LogP contribution is -2.23. The predicted octanol–water partition coefficient (Wildman–Crippen LogP) is 2.80. The van der Waals surface area contributed by atoms with E-state index in [-0.39, 0.29) is 0 Å². The van der Waals surface area contributed by atoms with Gasteiger partial charge in [-0.25, -0.2) is 9.97 Å². The van der Waals surface area contributed by atoms with Crippen LogP contribution < -0.4 is 10.6 Å². The summed E-state index contributed by atoms with van der Waals surface area (Å²) in [5, 5.41) is 0. The molecule has 0 amide bonds. The average Bonchev–Trinajstić information content (AvgIpc) is 2.30. The highest BCUT2D eigenvalue weighted by Gasteiger charge is 2.12. The Kier molecular flexibility index (Phi) is 5.38. The molecule has 0 aliphatic carbocycles. The summed E-state index contributed by atoms with van der Waals surface area (Å²) in [6, 6.07) is 0. The molecule has 0 saturated carbocycles. The first-order valence-corrected chi connectivity index (χ1v) is 6.79. The van der Waals surface area contributed by atoms with Crippen molar-refractivity contribution in [3.8, 4) is 0 Å². The number of nitrogen functional groups attached to an aromatic ring is 1. The van der Waals surface area contributed by atoms with E-state index in [2.05, 4.69) is 42.7 Å². The van der Waals surface area contributed by atoms with Gasteiger partial charge in [-0.05, 0) is 25.7 Å². The van der Waals surface area contributed by atoms with Crippen molar-refractivity contribution in [2.24, 2.45) is 5.92 Å². The zero-order valence-electron chi connectivity index (χ0n) is 12.3. The second-order valence-electron chi connectivity index (χ2n) is 5.33. The van der Waals surface area contributed by atoms with Crippen LogP contribution >= 0.6 is 0 Å². The molecule has 1 rings (SSSR count). The Balaban J connectivity index is 2.91. The molecule has 0 unspecified atom stereocenters. The van der Waals surface area contributed by atoms with E-state index in [9.17, 15) is 0 Å². The van der Waals surface area contributed by atoms with Gasteiger partial charge in [-0.3, -0.25) is 0 Å². The first kappa shape index (κ1) is 14.7. The van der Waals surface area contributed by atoms with Crippen LogP contribution in [-0.2, 0) is 6.42 Å². The molecule has 18 heavy (non-hydrogen) atoms. The third-order valence-electron chi connectivity index (χ3n) is 3.08. The summed E-state index contributed by atoms with van der Waals surface area (Å²) in [7, 11) is 2.08. The van der Waals surface area contributed by atoms with E-state index < -0.39 is 0 Å². The molecule has 0 atom stereocenters. The number of anilines is 2. The zero-order valence-corrected chi connectivity index (χ0v) is 12.3. The number of hydrogen-bond acceptors (Lipinski definition) is 4. The van der Waals surface area contributed by atoms with Gasteiger partial charge < -0.3 is 10.6 Å². The molecule has 1 aromatic rings. The number of aryl methyl sites for hydroxylation is 1. The Labute approximate surface area is 111 Å². The van der Waals surface area contributed by atoms with Gasteiger partial charge in [0.15, 0.2) is 0 Å². The fraction of sp³-hybridized carbons (Fsp3) is 0.714. The topological polar surface area (TPSA) is 55.0 Å². The maximum Gasteiger partial charge on any atom is 0.137 e. The second kappa shape index (κ2) is 6.57. The highest BCUT2D eigenvalue weighted by Crippen LogP contribution is 2.21. The van der Waals surface area contributed by atoms with Crippen LogP contribution in [0, 0.1) is 12.8 Å². The second-order valence-corrected chi connectivity index (χ2v) is 5.33. The molecule has 2 N–H and O–H groups in total. The van der Waals surface area contributed by atoms with Crippen LogP contribution in [0.4, 0.5) is 11.6 Å². The summed E-state index contributed by atoms with van der Waals surface area (Å²) in [4.78, 5) is 11.2. The van der Waals surface area contributed by atoms with Crippen molar-refractivity contribution >= 4 is 11.6 Å². The van der Waals surface area contributed by atoms with Gasteiger partial charge in [0.2, 0.25) is 0 Å². The first-order valence-electron chi connectivity index (χ1n) is 6.79. The molecule has 1 aromatic heterocycles. The molecule has 0 bridgehead atoms. The number of rotatable bonds is 6. The van der Waals surface area contributed by atoms with Gasteiger partial charge >= 0.3 is 0 Å². The van der Waals surface area contributed by atoms with E-state index in [0.29, 0.717) is 11.7 Å². The maximum atomic E-state index is 5.97. The number of nitrogens with zero attached hydrogens (tertiary/aromatic N) is 3. The van der Waals surface area contributed by atoms with Crippen LogP contribution in [0.15, 0.2) is 0 Å². The van der Waals surface area contributed by atoms with Gasteiger partial charge in [0, 0.05) is 25.6 Å². The largest absolute Gasteiger partial charge is 0.383 e. The van der Waals surface area contributed by atoms with E-state index in [4.69, 9.17) is 5.73 Å². The molecule has 0 saturated heterocycles. The molecule has 0 radical (unpaired) electrons. The lowest BCUT2D eigenvalue weighted by molar-refractivity contribution is 0.582.